The van der Waals surface area contributed by atoms with Crippen molar-refractivity contribution in [1.29, 1.82) is 5.26 Å². The second kappa shape index (κ2) is 8.26. The van der Waals surface area contributed by atoms with Crippen LogP contribution in [0.25, 0.3) is 0 Å². The number of likely N-dealkylation sites (N-methyl/N-ethyl adjacent to an activating group) is 1. The number of nitrogens with one attached hydrogen (secondary N) is 1. The Hall–Kier alpha value is -1.08. The van der Waals surface area contributed by atoms with Gasteiger partial charge in [0.25, 0.3) is 0 Å². The van der Waals surface area contributed by atoms with Crippen molar-refractivity contribution in [3.63, 3.8) is 0 Å². The molecule has 1 N–H and O–H groups in total. The Bertz CT molecular complexity index is 340. The van der Waals surface area contributed by atoms with Crippen molar-refractivity contribution in [2.24, 2.45) is 5.41 Å². The van der Waals surface area contributed by atoms with Gasteiger partial charge in [0, 0.05) is 19.1 Å². The van der Waals surface area contributed by atoms with Crippen LogP contribution < -0.4 is 5.32 Å². The van der Waals surface area contributed by atoms with E-state index >= 15 is 0 Å². The van der Waals surface area contributed by atoms with Gasteiger partial charge in [-0.15, -0.1) is 0 Å². The first-order chi connectivity index (χ1) is 9.55. The smallest absolute Gasteiger partial charge is 0.240 e. The van der Waals surface area contributed by atoms with Gasteiger partial charge < -0.3 is 10.2 Å². The van der Waals surface area contributed by atoms with Crippen molar-refractivity contribution in [3.8, 4) is 6.07 Å². The predicted molar refractivity (Wildman–Crippen MR) is 81.1 cm³/mol. The number of carbonyl (C=O) groups excluding carboxylic acids is 1. The lowest BCUT2D eigenvalue weighted by Crippen LogP contribution is -2.43. The van der Waals surface area contributed by atoms with Crippen LogP contribution in [0.1, 0.15) is 58.8 Å². The molecule has 4 nitrogen and oxygen atoms in total. The Morgan fingerprint density at radius 2 is 1.95 bits per heavy atom. The SMILES string of the molecule is CCC(C)N(C)CCNC(=O)C1(C#N)CCCCCC1. The van der Waals surface area contributed by atoms with Gasteiger partial charge in [-0.05, 0) is 33.2 Å². The van der Waals surface area contributed by atoms with Crippen LogP contribution in [0.4, 0.5) is 0 Å². The topological polar surface area (TPSA) is 56.1 Å². The van der Waals surface area contributed by atoms with Gasteiger partial charge in [-0.3, -0.25) is 4.79 Å². The molecule has 1 fully saturated rings. The Labute approximate surface area is 123 Å². The molecule has 114 valence electrons. The maximum Gasteiger partial charge on any atom is 0.240 e. The summed E-state index contributed by atoms with van der Waals surface area (Å²) in [6.07, 6.45) is 6.82. The Morgan fingerprint density at radius 3 is 2.45 bits per heavy atom. The summed E-state index contributed by atoms with van der Waals surface area (Å²) < 4.78 is 0. The van der Waals surface area contributed by atoms with E-state index in [1.165, 1.54) is 0 Å². The van der Waals surface area contributed by atoms with Crippen molar-refractivity contribution in [3.05, 3.63) is 0 Å². The summed E-state index contributed by atoms with van der Waals surface area (Å²) >= 11 is 0. The summed E-state index contributed by atoms with van der Waals surface area (Å²) in [5.41, 5.74) is -0.772. The first-order valence-corrected chi connectivity index (χ1v) is 7.95. The third-order valence-corrected chi connectivity index (χ3v) is 4.70. The van der Waals surface area contributed by atoms with Crippen molar-refractivity contribution in [2.75, 3.05) is 20.1 Å². The fraction of sp³-hybridized carbons (Fsp3) is 0.875. The van der Waals surface area contributed by atoms with Crippen LogP contribution in [0.5, 0.6) is 0 Å². The molecule has 0 aliphatic heterocycles. The lowest BCUT2D eigenvalue weighted by molar-refractivity contribution is -0.128. The highest BCUT2D eigenvalue weighted by Crippen LogP contribution is 2.34. The van der Waals surface area contributed by atoms with E-state index in [-0.39, 0.29) is 5.91 Å². The lowest BCUT2D eigenvalue weighted by Gasteiger charge is -2.26. The van der Waals surface area contributed by atoms with Gasteiger partial charge >= 0.3 is 0 Å². The van der Waals surface area contributed by atoms with Gasteiger partial charge in [-0.25, -0.2) is 0 Å². The zero-order valence-electron chi connectivity index (χ0n) is 13.2. The molecule has 1 aliphatic rings. The first-order valence-electron chi connectivity index (χ1n) is 7.95. The van der Waals surface area contributed by atoms with Crippen molar-refractivity contribution in [1.82, 2.24) is 10.2 Å². The second-order valence-corrected chi connectivity index (χ2v) is 6.10. The minimum atomic E-state index is -0.772. The Morgan fingerprint density at radius 1 is 1.35 bits per heavy atom. The zero-order chi connectivity index (χ0) is 15.0. The van der Waals surface area contributed by atoms with Crippen LogP contribution in [0.2, 0.25) is 0 Å². The van der Waals surface area contributed by atoms with E-state index in [0.717, 1.165) is 51.5 Å². The van der Waals surface area contributed by atoms with Gasteiger partial charge in [0.2, 0.25) is 5.91 Å². The number of carbonyl (C=O) groups is 1. The molecule has 20 heavy (non-hydrogen) atoms. The van der Waals surface area contributed by atoms with Crippen LogP contribution >= 0.6 is 0 Å². The van der Waals surface area contributed by atoms with Crippen molar-refractivity contribution in [2.45, 2.75) is 64.8 Å². The van der Waals surface area contributed by atoms with E-state index in [2.05, 4.69) is 37.2 Å². The fourth-order valence-corrected chi connectivity index (χ4v) is 2.77. The van der Waals surface area contributed by atoms with Crippen LogP contribution in [-0.4, -0.2) is 37.0 Å². The van der Waals surface area contributed by atoms with Gasteiger partial charge in [-0.2, -0.15) is 5.26 Å². The summed E-state index contributed by atoms with van der Waals surface area (Å²) in [7, 11) is 2.08. The van der Waals surface area contributed by atoms with E-state index in [1.807, 2.05) is 0 Å². The quantitative estimate of drug-likeness (QED) is 0.761. The summed E-state index contributed by atoms with van der Waals surface area (Å²) in [5, 5.41) is 12.4. The largest absolute Gasteiger partial charge is 0.353 e. The molecule has 0 spiro atoms. The normalized spacial score (nSPS) is 19.9. The molecule has 1 unspecified atom stereocenters. The molecule has 0 saturated heterocycles. The summed E-state index contributed by atoms with van der Waals surface area (Å²) in [5.74, 6) is -0.0561. The maximum absolute atomic E-state index is 12.4. The minimum Gasteiger partial charge on any atom is -0.353 e. The molecular weight excluding hydrogens is 250 g/mol. The Balaban J connectivity index is 2.46. The van der Waals surface area contributed by atoms with Crippen LogP contribution in [0, 0.1) is 16.7 Å². The molecular formula is C16H29N3O. The summed E-state index contributed by atoms with van der Waals surface area (Å²) in [4.78, 5) is 14.6. The molecule has 1 aliphatic carbocycles. The third kappa shape index (κ3) is 4.49. The second-order valence-electron chi connectivity index (χ2n) is 6.10. The Kier molecular flexibility index (Phi) is 7.01. The van der Waals surface area contributed by atoms with Crippen molar-refractivity contribution >= 4 is 5.91 Å². The van der Waals surface area contributed by atoms with Crippen LogP contribution in [0.15, 0.2) is 0 Å². The standard InChI is InChI=1S/C16H29N3O/c1-4-14(2)19(3)12-11-18-15(20)16(13-17)9-7-5-6-8-10-16/h14H,4-12H2,1-3H3,(H,18,20). The molecule has 0 radical (unpaired) electrons. The molecule has 0 aromatic rings. The number of hydrogen-bond acceptors (Lipinski definition) is 3. The van der Waals surface area contributed by atoms with E-state index in [0.29, 0.717) is 12.6 Å². The maximum atomic E-state index is 12.4. The third-order valence-electron chi connectivity index (χ3n) is 4.70. The summed E-state index contributed by atoms with van der Waals surface area (Å²) in [6.45, 7) is 5.81. The first kappa shape index (κ1) is 17.0. The van der Waals surface area contributed by atoms with Crippen molar-refractivity contribution < 1.29 is 4.79 Å². The molecule has 0 aromatic carbocycles. The number of hydrogen-bond donors (Lipinski definition) is 1. The number of nitrogens with zero attached hydrogens (tertiary/aromatic N) is 2. The molecule has 0 bridgehead atoms. The molecule has 1 atom stereocenters. The lowest BCUT2D eigenvalue weighted by atomic mass is 9.81. The zero-order valence-corrected chi connectivity index (χ0v) is 13.2. The van der Waals surface area contributed by atoms with Gasteiger partial charge in [0.15, 0.2) is 0 Å². The monoisotopic (exact) mass is 279 g/mol. The summed E-state index contributed by atoms with van der Waals surface area (Å²) in [6, 6.07) is 2.83. The van der Waals surface area contributed by atoms with E-state index in [9.17, 15) is 10.1 Å². The molecule has 0 aromatic heterocycles. The highest BCUT2D eigenvalue weighted by atomic mass is 16.2. The van der Waals surface area contributed by atoms with Crippen LogP contribution in [-0.2, 0) is 4.79 Å². The fourth-order valence-electron chi connectivity index (χ4n) is 2.77. The number of nitriles is 1. The van der Waals surface area contributed by atoms with E-state index in [4.69, 9.17) is 0 Å². The predicted octanol–water partition coefficient (Wildman–Crippen LogP) is 2.70. The molecule has 1 saturated carbocycles. The number of amides is 1. The molecule has 0 heterocycles. The average Bonchev–Trinajstić information content (AvgIpc) is 2.72. The van der Waals surface area contributed by atoms with E-state index < -0.39 is 5.41 Å². The minimum absolute atomic E-state index is 0.0561. The van der Waals surface area contributed by atoms with Gasteiger partial charge in [0.05, 0.1) is 6.07 Å². The average molecular weight is 279 g/mol. The molecule has 1 rings (SSSR count). The number of rotatable bonds is 6. The highest BCUT2D eigenvalue weighted by Gasteiger charge is 2.38. The highest BCUT2D eigenvalue weighted by molar-refractivity contribution is 5.85. The molecule has 4 heteroatoms. The molecule has 1 amide bonds. The van der Waals surface area contributed by atoms with Crippen LogP contribution in [0.3, 0.4) is 0 Å². The van der Waals surface area contributed by atoms with E-state index in [1.54, 1.807) is 0 Å². The van der Waals surface area contributed by atoms with Gasteiger partial charge in [-0.1, -0.05) is 32.6 Å². The van der Waals surface area contributed by atoms with Gasteiger partial charge in [0.1, 0.15) is 5.41 Å².